The molecule has 2 aromatic rings. The first-order chi connectivity index (χ1) is 9.78. The molecule has 0 bridgehead atoms. The number of likely N-dealkylation sites (tertiary alicyclic amines) is 1. The van der Waals surface area contributed by atoms with Gasteiger partial charge in [-0.25, -0.2) is 4.98 Å². The number of amides is 1. The molecule has 1 aliphatic heterocycles. The first-order valence-electron chi connectivity index (χ1n) is 7.09. The quantitative estimate of drug-likeness (QED) is 0.913. The molecule has 20 heavy (non-hydrogen) atoms. The summed E-state index contributed by atoms with van der Waals surface area (Å²) < 4.78 is 1.96. The highest BCUT2D eigenvalue weighted by atomic mass is 32.1. The average Bonchev–Trinajstić information content (AvgIpc) is 3.10. The normalized spacial score (nSPS) is 19.1. The van der Waals surface area contributed by atoms with Crippen molar-refractivity contribution >= 4 is 22.2 Å². The standard InChI is InChI=1S/C14H19N3O2S/c18-7-2-4-12-3-1-5-17(12)13(19)9-11-10-16-6-8-20-14(16)15-11/h6,8,10,12,18H,1-5,7,9H2. The van der Waals surface area contributed by atoms with E-state index in [1.807, 2.05) is 27.1 Å². The van der Waals surface area contributed by atoms with Gasteiger partial charge in [-0.3, -0.25) is 9.20 Å². The van der Waals surface area contributed by atoms with Crippen LogP contribution in [0.5, 0.6) is 0 Å². The maximum atomic E-state index is 12.4. The van der Waals surface area contributed by atoms with E-state index in [0.717, 1.165) is 42.9 Å². The van der Waals surface area contributed by atoms with Gasteiger partial charge in [0, 0.05) is 37.0 Å². The van der Waals surface area contributed by atoms with Gasteiger partial charge in [-0.05, 0) is 25.7 Å². The predicted molar refractivity (Wildman–Crippen MR) is 77.8 cm³/mol. The van der Waals surface area contributed by atoms with Gasteiger partial charge >= 0.3 is 0 Å². The molecule has 0 spiro atoms. The number of aliphatic hydroxyl groups excluding tert-OH is 1. The van der Waals surface area contributed by atoms with Gasteiger partial charge in [-0.1, -0.05) is 0 Å². The first-order valence-corrected chi connectivity index (χ1v) is 7.97. The molecule has 1 unspecified atom stereocenters. The Balaban J connectivity index is 1.64. The number of imidazole rings is 1. The average molecular weight is 293 g/mol. The van der Waals surface area contributed by atoms with E-state index in [9.17, 15) is 4.79 Å². The maximum absolute atomic E-state index is 12.4. The van der Waals surface area contributed by atoms with Crippen molar-refractivity contribution in [2.45, 2.75) is 38.1 Å². The molecule has 6 heteroatoms. The molecule has 1 fully saturated rings. The van der Waals surface area contributed by atoms with Crippen LogP contribution in [0, 0.1) is 0 Å². The van der Waals surface area contributed by atoms with Crippen LogP contribution in [0.4, 0.5) is 0 Å². The Labute approximate surface area is 121 Å². The Morgan fingerprint density at radius 2 is 2.45 bits per heavy atom. The van der Waals surface area contributed by atoms with Gasteiger partial charge in [0.05, 0.1) is 12.1 Å². The molecule has 0 aliphatic carbocycles. The third-order valence-corrected chi connectivity index (χ3v) is 4.64. The van der Waals surface area contributed by atoms with E-state index in [1.165, 1.54) is 0 Å². The van der Waals surface area contributed by atoms with Crippen molar-refractivity contribution in [1.29, 1.82) is 0 Å². The number of nitrogens with zero attached hydrogens (tertiary/aromatic N) is 3. The largest absolute Gasteiger partial charge is 0.396 e. The van der Waals surface area contributed by atoms with Crippen LogP contribution >= 0.6 is 11.3 Å². The van der Waals surface area contributed by atoms with Gasteiger partial charge in [0.2, 0.25) is 5.91 Å². The molecule has 0 aromatic carbocycles. The zero-order valence-corrected chi connectivity index (χ0v) is 12.2. The zero-order chi connectivity index (χ0) is 13.9. The summed E-state index contributed by atoms with van der Waals surface area (Å²) in [6.07, 6.45) is 8.08. The number of carbonyl (C=O) groups excluding carboxylic acids is 1. The van der Waals surface area contributed by atoms with Gasteiger partial charge in [0.1, 0.15) is 0 Å². The SMILES string of the molecule is O=C(Cc1cn2ccsc2n1)N1CCCC1CCCO. The molecule has 2 aromatic heterocycles. The number of aliphatic hydroxyl groups is 1. The minimum atomic E-state index is 0.163. The van der Waals surface area contributed by atoms with Gasteiger partial charge < -0.3 is 10.0 Å². The van der Waals surface area contributed by atoms with Crippen molar-refractivity contribution in [2.24, 2.45) is 0 Å². The minimum absolute atomic E-state index is 0.163. The van der Waals surface area contributed by atoms with Crippen molar-refractivity contribution in [3.8, 4) is 0 Å². The molecular formula is C14H19N3O2S. The van der Waals surface area contributed by atoms with Crippen molar-refractivity contribution in [1.82, 2.24) is 14.3 Å². The lowest BCUT2D eigenvalue weighted by Crippen LogP contribution is -2.36. The fourth-order valence-electron chi connectivity index (χ4n) is 2.91. The van der Waals surface area contributed by atoms with Gasteiger partial charge in [-0.15, -0.1) is 11.3 Å². The number of fused-ring (bicyclic) bond motifs is 1. The summed E-state index contributed by atoms with van der Waals surface area (Å²) in [7, 11) is 0. The van der Waals surface area contributed by atoms with Crippen LogP contribution in [0.2, 0.25) is 0 Å². The van der Waals surface area contributed by atoms with Crippen molar-refractivity contribution in [3.63, 3.8) is 0 Å². The van der Waals surface area contributed by atoms with Crippen LogP contribution < -0.4 is 0 Å². The summed E-state index contributed by atoms with van der Waals surface area (Å²) in [4.78, 5) is 19.8. The Bertz CT molecular complexity index is 564. The number of thiazole rings is 1. The third-order valence-electron chi connectivity index (χ3n) is 3.87. The van der Waals surface area contributed by atoms with E-state index in [0.29, 0.717) is 12.5 Å². The van der Waals surface area contributed by atoms with Crippen LogP contribution in [0.15, 0.2) is 17.8 Å². The second-order valence-electron chi connectivity index (χ2n) is 5.25. The van der Waals surface area contributed by atoms with E-state index in [-0.39, 0.29) is 12.5 Å². The Kier molecular flexibility index (Phi) is 4.03. The second kappa shape index (κ2) is 5.93. The van der Waals surface area contributed by atoms with E-state index in [1.54, 1.807) is 11.3 Å². The van der Waals surface area contributed by atoms with Crippen LogP contribution in [-0.2, 0) is 11.2 Å². The van der Waals surface area contributed by atoms with Crippen LogP contribution in [0.25, 0.3) is 4.96 Å². The molecular weight excluding hydrogens is 274 g/mol. The minimum Gasteiger partial charge on any atom is -0.396 e. The summed E-state index contributed by atoms with van der Waals surface area (Å²) in [6, 6.07) is 0.304. The fourth-order valence-corrected chi connectivity index (χ4v) is 3.63. The van der Waals surface area contributed by atoms with Gasteiger partial charge in [0.15, 0.2) is 4.96 Å². The van der Waals surface area contributed by atoms with Crippen molar-refractivity contribution in [3.05, 3.63) is 23.5 Å². The molecule has 1 N–H and O–H groups in total. The Morgan fingerprint density at radius 3 is 3.25 bits per heavy atom. The van der Waals surface area contributed by atoms with E-state index in [4.69, 9.17) is 5.11 Å². The summed E-state index contributed by atoms with van der Waals surface area (Å²) >= 11 is 1.58. The summed E-state index contributed by atoms with van der Waals surface area (Å²) in [5, 5.41) is 10.9. The fraction of sp³-hybridized carbons (Fsp3) is 0.571. The number of carbonyl (C=O) groups is 1. The summed E-state index contributed by atoms with van der Waals surface area (Å²) in [5.74, 6) is 0.163. The number of rotatable bonds is 5. The van der Waals surface area contributed by atoms with Gasteiger partial charge in [-0.2, -0.15) is 0 Å². The van der Waals surface area contributed by atoms with Crippen molar-refractivity contribution in [2.75, 3.05) is 13.2 Å². The van der Waals surface area contributed by atoms with E-state index < -0.39 is 0 Å². The highest BCUT2D eigenvalue weighted by Crippen LogP contribution is 2.22. The molecule has 1 atom stereocenters. The first kappa shape index (κ1) is 13.6. The van der Waals surface area contributed by atoms with Gasteiger partial charge in [0.25, 0.3) is 0 Å². The zero-order valence-electron chi connectivity index (χ0n) is 11.4. The molecule has 108 valence electrons. The van der Waals surface area contributed by atoms with E-state index in [2.05, 4.69) is 4.98 Å². The maximum Gasteiger partial charge on any atom is 0.228 e. The lowest BCUT2D eigenvalue weighted by atomic mass is 10.1. The number of hydrogen-bond donors (Lipinski definition) is 1. The second-order valence-corrected chi connectivity index (χ2v) is 6.12. The number of aromatic nitrogens is 2. The van der Waals surface area contributed by atoms with Crippen LogP contribution in [0.3, 0.4) is 0 Å². The Hall–Kier alpha value is -1.40. The smallest absolute Gasteiger partial charge is 0.228 e. The molecule has 5 nitrogen and oxygen atoms in total. The lowest BCUT2D eigenvalue weighted by Gasteiger charge is -2.24. The molecule has 0 radical (unpaired) electrons. The molecule has 1 aliphatic rings. The topological polar surface area (TPSA) is 57.8 Å². The van der Waals surface area contributed by atoms with Crippen molar-refractivity contribution < 1.29 is 9.90 Å². The molecule has 1 saturated heterocycles. The van der Waals surface area contributed by atoms with Crippen LogP contribution in [0.1, 0.15) is 31.4 Å². The summed E-state index contributed by atoms with van der Waals surface area (Å²) in [6.45, 7) is 1.05. The summed E-state index contributed by atoms with van der Waals surface area (Å²) in [5.41, 5.74) is 0.842. The Morgan fingerprint density at radius 1 is 1.55 bits per heavy atom. The predicted octanol–water partition coefficient (Wildman–Crippen LogP) is 1.70. The lowest BCUT2D eigenvalue weighted by molar-refractivity contribution is -0.131. The molecule has 1 amide bonds. The highest BCUT2D eigenvalue weighted by Gasteiger charge is 2.28. The molecule has 3 heterocycles. The monoisotopic (exact) mass is 293 g/mol. The highest BCUT2D eigenvalue weighted by molar-refractivity contribution is 7.15. The number of hydrogen-bond acceptors (Lipinski definition) is 4. The van der Waals surface area contributed by atoms with E-state index >= 15 is 0 Å². The van der Waals surface area contributed by atoms with Crippen LogP contribution in [-0.4, -0.2) is 44.5 Å². The molecule has 3 rings (SSSR count). The third kappa shape index (κ3) is 2.71. The molecule has 0 saturated carbocycles.